The van der Waals surface area contributed by atoms with E-state index in [0.717, 1.165) is 6.07 Å². The molecule has 0 aliphatic carbocycles. The number of aromatic nitrogens is 2. The third kappa shape index (κ3) is 3.39. The lowest BCUT2D eigenvalue weighted by molar-refractivity contribution is 0.0661. The van der Waals surface area contributed by atoms with Crippen LogP contribution in [0, 0.1) is 13.8 Å². The van der Waals surface area contributed by atoms with Gasteiger partial charge in [0, 0.05) is 17.5 Å². The molecule has 0 amide bonds. The number of halogens is 1. The zero-order valence-electron chi connectivity index (χ0n) is 10.9. The quantitative estimate of drug-likeness (QED) is 0.836. The molecule has 0 atom stereocenters. The molecule has 0 spiro atoms. The standard InChI is InChI=1S/C11H10BrN3O5S/c1-5-3-6(2)14-11(13-5)15-21(18,19)8-4-7(10(16)17)20-9(8)12/h3-4H,1-2H3,(H,16,17)(H,13,14,15). The Morgan fingerprint density at radius 3 is 2.33 bits per heavy atom. The SMILES string of the molecule is Cc1cc(C)nc(NS(=O)(=O)c2cc(C(=O)O)oc2Br)n1. The van der Waals surface area contributed by atoms with E-state index in [1.165, 1.54) is 0 Å². The van der Waals surface area contributed by atoms with Crippen molar-refractivity contribution in [3.05, 3.63) is 34.0 Å². The molecular weight excluding hydrogens is 366 g/mol. The molecule has 8 nitrogen and oxygen atoms in total. The number of aromatic carboxylic acids is 1. The van der Waals surface area contributed by atoms with E-state index in [1.807, 2.05) is 0 Å². The van der Waals surface area contributed by atoms with Crippen LogP contribution >= 0.6 is 15.9 Å². The van der Waals surface area contributed by atoms with Gasteiger partial charge in [-0.25, -0.2) is 27.9 Å². The van der Waals surface area contributed by atoms with Crippen LogP contribution in [0.1, 0.15) is 21.9 Å². The van der Waals surface area contributed by atoms with E-state index in [9.17, 15) is 13.2 Å². The predicted octanol–water partition coefficient (Wildman–Crippen LogP) is 1.95. The summed E-state index contributed by atoms with van der Waals surface area (Å²) in [5.74, 6) is -1.97. The summed E-state index contributed by atoms with van der Waals surface area (Å²) in [4.78, 5) is 18.3. The zero-order valence-corrected chi connectivity index (χ0v) is 13.3. The summed E-state index contributed by atoms with van der Waals surface area (Å²) in [6, 6.07) is 2.59. The van der Waals surface area contributed by atoms with Crippen molar-refractivity contribution >= 4 is 37.9 Å². The highest BCUT2D eigenvalue weighted by atomic mass is 79.9. The van der Waals surface area contributed by atoms with Crippen LogP contribution in [0.5, 0.6) is 0 Å². The van der Waals surface area contributed by atoms with Crippen LogP contribution in [0.3, 0.4) is 0 Å². The Bertz CT molecular complexity index is 795. The Labute approximate surface area is 128 Å². The van der Waals surface area contributed by atoms with Crippen molar-refractivity contribution in [1.82, 2.24) is 9.97 Å². The van der Waals surface area contributed by atoms with Crippen LogP contribution < -0.4 is 4.72 Å². The first-order valence-corrected chi connectivity index (χ1v) is 7.84. The lowest BCUT2D eigenvalue weighted by atomic mass is 10.4. The minimum Gasteiger partial charge on any atom is -0.475 e. The number of carbonyl (C=O) groups is 1. The molecule has 0 saturated heterocycles. The van der Waals surface area contributed by atoms with Gasteiger partial charge >= 0.3 is 5.97 Å². The summed E-state index contributed by atoms with van der Waals surface area (Å²) < 4.78 is 31.2. The van der Waals surface area contributed by atoms with E-state index < -0.39 is 21.8 Å². The zero-order chi connectivity index (χ0) is 15.8. The van der Waals surface area contributed by atoms with Gasteiger partial charge in [-0.2, -0.15) is 0 Å². The van der Waals surface area contributed by atoms with Crippen LogP contribution in [0.2, 0.25) is 0 Å². The highest BCUT2D eigenvalue weighted by Gasteiger charge is 2.25. The van der Waals surface area contributed by atoms with E-state index in [4.69, 9.17) is 9.52 Å². The maximum atomic E-state index is 12.2. The fourth-order valence-electron chi connectivity index (χ4n) is 1.59. The van der Waals surface area contributed by atoms with Gasteiger partial charge in [0.1, 0.15) is 4.90 Å². The van der Waals surface area contributed by atoms with Gasteiger partial charge in [-0.05, 0) is 35.8 Å². The van der Waals surface area contributed by atoms with Gasteiger partial charge in [0.15, 0.2) is 4.67 Å². The molecule has 112 valence electrons. The van der Waals surface area contributed by atoms with Gasteiger partial charge in [-0.1, -0.05) is 0 Å². The van der Waals surface area contributed by atoms with E-state index in [1.54, 1.807) is 19.9 Å². The second-order valence-corrected chi connectivity index (χ2v) is 6.50. The van der Waals surface area contributed by atoms with Crippen LogP contribution in [0.25, 0.3) is 0 Å². The molecule has 0 aliphatic heterocycles. The van der Waals surface area contributed by atoms with Crippen molar-refractivity contribution in [2.24, 2.45) is 0 Å². The number of hydrogen-bond donors (Lipinski definition) is 2. The Hall–Kier alpha value is -1.94. The number of anilines is 1. The monoisotopic (exact) mass is 375 g/mol. The molecule has 0 fully saturated rings. The van der Waals surface area contributed by atoms with Gasteiger partial charge in [0.2, 0.25) is 11.7 Å². The van der Waals surface area contributed by atoms with Crippen molar-refractivity contribution in [2.75, 3.05) is 4.72 Å². The van der Waals surface area contributed by atoms with Crippen molar-refractivity contribution in [2.45, 2.75) is 18.7 Å². The number of hydrogen-bond acceptors (Lipinski definition) is 6. The number of furan rings is 1. The lowest BCUT2D eigenvalue weighted by Crippen LogP contribution is -2.15. The average Bonchev–Trinajstić information content (AvgIpc) is 2.70. The van der Waals surface area contributed by atoms with Crippen LogP contribution in [-0.4, -0.2) is 29.5 Å². The minimum absolute atomic E-state index is 0.0996. The first kappa shape index (κ1) is 15.4. The summed E-state index contributed by atoms with van der Waals surface area (Å²) >= 11 is 2.87. The maximum absolute atomic E-state index is 12.2. The molecule has 0 unspecified atom stereocenters. The number of nitrogens with one attached hydrogen (secondary N) is 1. The fourth-order valence-corrected chi connectivity index (χ4v) is 3.47. The number of carboxylic acid groups (broad SMARTS) is 1. The predicted molar refractivity (Wildman–Crippen MR) is 75.7 cm³/mol. The van der Waals surface area contributed by atoms with Gasteiger partial charge < -0.3 is 9.52 Å². The fraction of sp³-hybridized carbons (Fsp3) is 0.182. The maximum Gasteiger partial charge on any atom is 0.371 e. The Morgan fingerprint density at radius 2 is 1.86 bits per heavy atom. The summed E-state index contributed by atoms with van der Waals surface area (Å²) in [5.41, 5.74) is 1.19. The minimum atomic E-state index is -4.07. The molecule has 0 saturated carbocycles. The van der Waals surface area contributed by atoms with E-state index in [2.05, 4.69) is 30.6 Å². The first-order chi connectivity index (χ1) is 9.69. The summed E-state index contributed by atoms with van der Waals surface area (Å²) in [5, 5.41) is 8.80. The first-order valence-electron chi connectivity index (χ1n) is 5.57. The third-order valence-corrected chi connectivity index (χ3v) is 4.55. The van der Waals surface area contributed by atoms with Gasteiger partial charge in [0.05, 0.1) is 0 Å². The Balaban J connectivity index is 2.40. The largest absolute Gasteiger partial charge is 0.475 e. The summed E-state index contributed by atoms with van der Waals surface area (Å²) in [6.07, 6.45) is 0. The molecule has 2 N–H and O–H groups in total. The second-order valence-electron chi connectivity index (χ2n) is 4.13. The number of rotatable bonds is 4. The molecule has 0 aromatic carbocycles. The van der Waals surface area contributed by atoms with Crippen molar-refractivity contribution in [3.63, 3.8) is 0 Å². The van der Waals surface area contributed by atoms with Gasteiger partial charge in [0.25, 0.3) is 10.0 Å². The highest BCUT2D eigenvalue weighted by molar-refractivity contribution is 9.10. The van der Waals surface area contributed by atoms with E-state index in [-0.39, 0.29) is 15.5 Å². The van der Waals surface area contributed by atoms with Crippen LogP contribution in [-0.2, 0) is 10.0 Å². The number of carboxylic acids is 1. The molecule has 2 rings (SSSR count). The van der Waals surface area contributed by atoms with Crippen molar-refractivity contribution < 1.29 is 22.7 Å². The molecule has 2 aromatic heterocycles. The summed E-state index contributed by atoms with van der Waals surface area (Å²) in [7, 11) is -4.07. The van der Waals surface area contributed by atoms with Crippen molar-refractivity contribution in [3.8, 4) is 0 Å². The van der Waals surface area contributed by atoms with Gasteiger partial charge in [-0.15, -0.1) is 0 Å². The molecule has 2 heterocycles. The summed E-state index contributed by atoms with van der Waals surface area (Å²) in [6.45, 7) is 3.39. The molecule has 2 aromatic rings. The Morgan fingerprint density at radius 1 is 1.29 bits per heavy atom. The average molecular weight is 376 g/mol. The third-order valence-electron chi connectivity index (χ3n) is 2.36. The van der Waals surface area contributed by atoms with Gasteiger partial charge in [-0.3, -0.25) is 0 Å². The number of sulfonamides is 1. The Kier molecular flexibility index (Phi) is 4.01. The smallest absolute Gasteiger partial charge is 0.371 e. The normalized spacial score (nSPS) is 11.4. The molecule has 21 heavy (non-hydrogen) atoms. The van der Waals surface area contributed by atoms with Crippen LogP contribution in [0.15, 0.2) is 26.1 Å². The molecule has 0 aliphatic rings. The topological polar surface area (TPSA) is 122 Å². The highest BCUT2D eigenvalue weighted by Crippen LogP contribution is 2.27. The molecular formula is C11H10BrN3O5S. The second kappa shape index (κ2) is 5.45. The van der Waals surface area contributed by atoms with E-state index in [0.29, 0.717) is 11.4 Å². The molecule has 0 bridgehead atoms. The number of nitrogens with zero attached hydrogens (tertiary/aromatic N) is 2. The van der Waals surface area contributed by atoms with E-state index >= 15 is 0 Å². The molecule has 10 heteroatoms. The number of aryl methyl sites for hydroxylation is 2. The molecule has 0 radical (unpaired) electrons. The van der Waals surface area contributed by atoms with Crippen molar-refractivity contribution in [1.29, 1.82) is 0 Å². The van der Waals surface area contributed by atoms with Crippen LogP contribution in [0.4, 0.5) is 5.95 Å². The lowest BCUT2D eigenvalue weighted by Gasteiger charge is -2.06.